The molecule has 0 aromatic carbocycles. The largest absolute Gasteiger partial charge is 0.481 e. The van der Waals surface area contributed by atoms with Crippen LogP contribution in [0.5, 0.6) is 0 Å². The fraction of sp³-hybridized carbons (Fsp3) is 0.893. The lowest BCUT2D eigenvalue weighted by Crippen LogP contribution is -2.65. The highest BCUT2D eigenvalue weighted by molar-refractivity contribution is 5.67. The third-order valence-corrected chi connectivity index (χ3v) is 11.0. The molecule has 0 amide bonds. The first kappa shape index (κ1) is 27.4. The van der Waals surface area contributed by atoms with Crippen LogP contribution in [-0.2, 0) is 23.9 Å². The van der Waals surface area contributed by atoms with E-state index in [9.17, 15) is 29.7 Å². The standard InChI is InChI=1S/C28H44O8/c1-14(6-9-24(32)33)17-7-8-18-25-19(13-23(28(17,18)5)36-16(3)30)27(4)11-10-21(31)26(34)20(27)12-22(25)35-15(2)29/h14,17-23,25-26,31,34H,6-13H2,1-5H3,(H,32,33)/t14-,17?,18+,19+,20-,21-,22-,23+,25+,26+,27-,28-/m1/s1. The number of carboxylic acids is 1. The number of aliphatic carboxylic acids is 1. The van der Waals surface area contributed by atoms with Crippen LogP contribution in [0.1, 0.15) is 86.0 Å². The monoisotopic (exact) mass is 508 g/mol. The molecule has 4 fully saturated rings. The molecule has 0 bridgehead atoms. The van der Waals surface area contributed by atoms with E-state index in [1.807, 2.05) is 0 Å². The predicted octanol–water partition coefficient (Wildman–Crippen LogP) is 3.56. The van der Waals surface area contributed by atoms with Gasteiger partial charge in [0.25, 0.3) is 0 Å². The lowest BCUT2D eigenvalue weighted by Gasteiger charge is -2.64. The molecule has 4 saturated carbocycles. The highest BCUT2D eigenvalue weighted by atomic mass is 16.5. The molecule has 0 aromatic heterocycles. The Balaban J connectivity index is 1.76. The summed E-state index contributed by atoms with van der Waals surface area (Å²) in [4.78, 5) is 35.8. The number of carboxylic acid groups (broad SMARTS) is 1. The van der Waals surface area contributed by atoms with Gasteiger partial charge in [-0.15, -0.1) is 0 Å². The van der Waals surface area contributed by atoms with Crippen LogP contribution >= 0.6 is 0 Å². The van der Waals surface area contributed by atoms with Crippen LogP contribution in [0, 0.1) is 46.3 Å². The minimum Gasteiger partial charge on any atom is -0.481 e. The molecule has 0 aliphatic heterocycles. The van der Waals surface area contributed by atoms with Crippen LogP contribution in [-0.4, -0.2) is 57.6 Å². The maximum atomic E-state index is 12.3. The van der Waals surface area contributed by atoms with Gasteiger partial charge in [-0.05, 0) is 80.0 Å². The number of aliphatic hydroxyl groups excluding tert-OH is 2. The molecule has 12 atom stereocenters. The number of aliphatic hydroxyl groups is 2. The molecular weight excluding hydrogens is 464 g/mol. The van der Waals surface area contributed by atoms with Gasteiger partial charge in [-0.3, -0.25) is 14.4 Å². The summed E-state index contributed by atoms with van der Waals surface area (Å²) in [5.74, 6) is -1.07. The molecule has 0 heterocycles. The highest BCUT2D eigenvalue weighted by Gasteiger charge is 2.68. The number of rotatable bonds is 6. The third-order valence-electron chi connectivity index (χ3n) is 11.0. The molecular formula is C28H44O8. The van der Waals surface area contributed by atoms with Crippen molar-refractivity contribution in [1.29, 1.82) is 0 Å². The van der Waals surface area contributed by atoms with E-state index < -0.39 is 18.2 Å². The van der Waals surface area contributed by atoms with E-state index in [-0.39, 0.29) is 76.9 Å². The van der Waals surface area contributed by atoms with Crippen molar-refractivity contribution in [2.45, 2.75) is 110 Å². The van der Waals surface area contributed by atoms with Crippen molar-refractivity contribution in [3.8, 4) is 0 Å². The fourth-order valence-corrected chi connectivity index (χ4v) is 9.40. The summed E-state index contributed by atoms with van der Waals surface area (Å²) < 4.78 is 12.0. The first-order valence-corrected chi connectivity index (χ1v) is 13.7. The maximum absolute atomic E-state index is 12.3. The van der Waals surface area contributed by atoms with Crippen LogP contribution < -0.4 is 0 Å². The van der Waals surface area contributed by atoms with E-state index in [1.165, 1.54) is 13.8 Å². The summed E-state index contributed by atoms with van der Waals surface area (Å²) in [5.41, 5.74) is -0.633. The van der Waals surface area contributed by atoms with Crippen LogP contribution in [0.15, 0.2) is 0 Å². The van der Waals surface area contributed by atoms with Gasteiger partial charge in [0.2, 0.25) is 0 Å². The van der Waals surface area contributed by atoms with Gasteiger partial charge in [-0.2, -0.15) is 0 Å². The van der Waals surface area contributed by atoms with Gasteiger partial charge in [-0.1, -0.05) is 20.8 Å². The van der Waals surface area contributed by atoms with Crippen LogP contribution in [0.25, 0.3) is 0 Å². The van der Waals surface area contributed by atoms with E-state index in [0.717, 1.165) is 19.3 Å². The molecule has 4 rings (SSSR count). The molecule has 4 aliphatic carbocycles. The second-order valence-corrected chi connectivity index (χ2v) is 12.7. The van der Waals surface area contributed by atoms with E-state index in [0.29, 0.717) is 25.7 Å². The lowest BCUT2D eigenvalue weighted by atomic mass is 9.42. The molecule has 4 aliphatic rings. The zero-order chi connectivity index (χ0) is 26.6. The molecule has 0 aromatic rings. The molecule has 8 nitrogen and oxygen atoms in total. The summed E-state index contributed by atoms with van der Waals surface area (Å²) in [6.45, 7) is 9.37. The molecule has 0 saturated heterocycles. The minimum atomic E-state index is -0.879. The third kappa shape index (κ3) is 4.46. The summed E-state index contributed by atoms with van der Waals surface area (Å²) in [7, 11) is 0. The van der Waals surface area contributed by atoms with Crippen molar-refractivity contribution < 1.29 is 39.2 Å². The van der Waals surface area contributed by atoms with E-state index in [2.05, 4.69) is 20.8 Å². The molecule has 36 heavy (non-hydrogen) atoms. The van der Waals surface area contributed by atoms with Gasteiger partial charge >= 0.3 is 17.9 Å². The Kier molecular flexibility index (Phi) is 7.52. The summed E-state index contributed by atoms with van der Waals surface area (Å²) in [6, 6.07) is 0. The van der Waals surface area contributed by atoms with Gasteiger partial charge in [0.05, 0.1) is 12.2 Å². The number of hydrogen-bond donors (Lipinski definition) is 3. The predicted molar refractivity (Wildman–Crippen MR) is 131 cm³/mol. The Morgan fingerprint density at radius 1 is 0.944 bits per heavy atom. The van der Waals surface area contributed by atoms with E-state index in [4.69, 9.17) is 9.47 Å². The molecule has 0 spiro atoms. The number of fused-ring (bicyclic) bond motifs is 5. The van der Waals surface area contributed by atoms with Gasteiger partial charge in [-0.25, -0.2) is 0 Å². The molecule has 0 radical (unpaired) electrons. The molecule has 204 valence electrons. The van der Waals surface area contributed by atoms with Gasteiger partial charge in [0, 0.05) is 31.6 Å². The molecule has 3 N–H and O–H groups in total. The Hall–Kier alpha value is -1.67. The van der Waals surface area contributed by atoms with Crippen molar-refractivity contribution in [3.05, 3.63) is 0 Å². The number of hydrogen-bond acceptors (Lipinski definition) is 7. The van der Waals surface area contributed by atoms with E-state index >= 15 is 0 Å². The number of carbonyl (C=O) groups is 3. The normalized spacial score (nSPS) is 46.6. The smallest absolute Gasteiger partial charge is 0.303 e. The van der Waals surface area contributed by atoms with Crippen LogP contribution in [0.2, 0.25) is 0 Å². The second kappa shape index (κ2) is 9.90. The van der Waals surface area contributed by atoms with Crippen molar-refractivity contribution >= 4 is 17.9 Å². The topological polar surface area (TPSA) is 130 Å². The summed E-state index contributed by atoms with van der Waals surface area (Å²) in [6.07, 6.45) is 2.53. The Bertz CT molecular complexity index is 874. The SMILES string of the molecule is CC(=O)O[C@H]1C[C@H]2[C@@H]([C@H](OC(C)=O)C[C@@H]3[C@H](O)[C@H](O)CC[C@@]32C)[C@@H]2CCC([C@H](C)CCC(=O)O)[C@@]12C. The quantitative estimate of drug-likeness (QED) is 0.464. The molecule has 8 heteroatoms. The zero-order valence-corrected chi connectivity index (χ0v) is 22.3. The van der Waals surface area contributed by atoms with Gasteiger partial charge < -0.3 is 24.8 Å². The van der Waals surface area contributed by atoms with Crippen molar-refractivity contribution in [3.63, 3.8) is 0 Å². The first-order chi connectivity index (χ1) is 16.8. The van der Waals surface area contributed by atoms with Gasteiger partial charge in [0.1, 0.15) is 12.2 Å². The summed E-state index contributed by atoms with van der Waals surface area (Å²) >= 11 is 0. The maximum Gasteiger partial charge on any atom is 0.303 e. The summed E-state index contributed by atoms with van der Waals surface area (Å²) in [5, 5.41) is 30.8. The number of esters is 2. The van der Waals surface area contributed by atoms with Gasteiger partial charge in [0.15, 0.2) is 0 Å². The van der Waals surface area contributed by atoms with Crippen molar-refractivity contribution in [1.82, 2.24) is 0 Å². The number of carbonyl (C=O) groups excluding carboxylic acids is 2. The zero-order valence-electron chi connectivity index (χ0n) is 22.3. The Labute approximate surface area is 214 Å². The van der Waals surface area contributed by atoms with E-state index in [1.54, 1.807) is 0 Å². The van der Waals surface area contributed by atoms with Crippen LogP contribution in [0.4, 0.5) is 0 Å². The lowest BCUT2D eigenvalue weighted by molar-refractivity contribution is -0.238. The van der Waals surface area contributed by atoms with Crippen LogP contribution in [0.3, 0.4) is 0 Å². The Morgan fingerprint density at radius 2 is 1.61 bits per heavy atom. The highest BCUT2D eigenvalue weighted by Crippen LogP contribution is 2.69. The molecule has 1 unspecified atom stereocenters. The Morgan fingerprint density at radius 3 is 2.22 bits per heavy atom. The number of ether oxygens (including phenoxy) is 2. The van der Waals surface area contributed by atoms with Crippen molar-refractivity contribution in [2.75, 3.05) is 0 Å². The first-order valence-electron chi connectivity index (χ1n) is 13.7. The fourth-order valence-electron chi connectivity index (χ4n) is 9.40. The average molecular weight is 509 g/mol. The second-order valence-electron chi connectivity index (χ2n) is 12.7. The van der Waals surface area contributed by atoms with Crippen molar-refractivity contribution in [2.24, 2.45) is 46.3 Å². The average Bonchev–Trinajstić information content (AvgIpc) is 3.14. The minimum absolute atomic E-state index is 0.0612.